The van der Waals surface area contributed by atoms with E-state index in [4.69, 9.17) is 9.47 Å². The van der Waals surface area contributed by atoms with Crippen molar-refractivity contribution in [1.29, 1.82) is 0 Å². The van der Waals surface area contributed by atoms with Gasteiger partial charge in [-0.05, 0) is 61.7 Å². The first kappa shape index (κ1) is 22.2. The van der Waals surface area contributed by atoms with Crippen LogP contribution in [-0.2, 0) is 11.2 Å². The summed E-state index contributed by atoms with van der Waals surface area (Å²) in [7, 11) is 3.36. The molecule has 176 valence electrons. The summed E-state index contributed by atoms with van der Waals surface area (Å²) in [4.78, 5) is 19.4. The van der Waals surface area contributed by atoms with Gasteiger partial charge < -0.3 is 19.3 Å². The van der Waals surface area contributed by atoms with Crippen molar-refractivity contribution in [3.8, 4) is 5.75 Å². The number of ether oxygens (including phenoxy) is 2. The van der Waals surface area contributed by atoms with Crippen LogP contribution >= 0.6 is 0 Å². The monoisotopic (exact) mass is 453 g/mol. The summed E-state index contributed by atoms with van der Waals surface area (Å²) < 4.78 is 25.8. The zero-order chi connectivity index (χ0) is 23.2. The number of fused-ring (bicyclic) bond motifs is 1. The number of hydrogen-bond donors (Lipinski definition) is 0. The van der Waals surface area contributed by atoms with Crippen LogP contribution in [-0.4, -0.2) is 70.4 Å². The van der Waals surface area contributed by atoms with Gasteiger partial charge in [0.15, 0.2) is 0 Å². The van der Waals surface area contributed by atoms with Gasteiger partial charge in [0, 0.05) is 62.5 Å². The van der Waals surface area contributed by atoms with E-state index in [9.17, 15) is 4.79 Å². The molecular weight excluding hydrogens is 421 g/mol. The molecule has 1 spiro atoms. The van der Waals surface area contributed by atoms with Crippen molar-refractivity contribution in [1.82, 2.24) is 4.90 Å². The highest BCUT2D eigenvalue weighted by atomic mass is 19.1. The van der Waals surface area contributed by atoms with Crippen LogP contribution in [0.25, 0.3) is 0 Å². The van der Waals surface area contributed by atoms with Gasteiger partial charge in [-0.1, -0.05) is 0 Å². The first-order valence-electron chi connectivity index (χ1n) is 11.7. The van der Waals surface area contributed by atoms with E-state index in [2.05, 4.69) is 16.7 Å². The number of amides is 1. The molecule has 7 heteroatoms. The van der Waals surface area contributed by atoms with Gasteiger partial charge in [0.1, 0.15) is 11.6 Å². The van der Waals surface area contributed by atoms with E-state index < -0.39 is 0 Å². The first-order valence-corrected chi connectivity index (χ1v) is 11.7. The van der Waals surface area contributed by atoms with Crippen LogP contribution in [0.1, 0.15) is 29.3 Å². The van der Waals surface area contributed by atoms with E-state index in [1.807, 2.05) is 18.2 Å². The molecule has 2 saturated heterocycles. The SMILES string of the molecule is COCC(C)N1CC2(CCN(c3ccc(N4CCc5cc(OC)ccc5C4=O)cc3F)C2)C1. The highest BCUT2D eigenvalue weighted by molar-refractivity contribution is 6.08. The molecule has 0 radical (unpaired) electrons. The third kappa shape index (κ3) is 3.97. The van der Waals surface area contributed by atoms with Crippen LogP contribution in [0.5, 0.6) is 5.75 Å². The third-order valence-corrected chi connectivity index (χ3v) is 7.52. The number of hydrogen-bond acceptors (Lipinski definition) is 5. The van der Waals surface area contributed by atoms with Crippen molar-refractivity contribution in [3.63, 3.8) is 0 Å². The molecule has 3 heterocycles. The van der Waals surface area contributed by atoms with Crippen molar-refractivity contribution in [2.24, 2.45) is 5.41 Å². The molecule has 0 saturated carbocycles. The molecule has 3 aliphatic heterocycles. The quantitative estimate of drug-likeness (QED) is 0.669. The normalized spacial score (nSPS) is 20.7. The van der Waals surface area contributed by atoms with Crippen molar-refractivity contribution in [2.75, 3.05) is 63.4 Å². The zero-order valence-electron chi connectivity index (χ0n) is 19.6. The lowest BCUT2D eigenvalue weighted by Gasteiger charge is -2.50. The minimum Gasteiger partial charge on any atom is -0.497 e. The van der Waals surface area contributed by atoms with Crippen molar-refractivity contribution in [2.45, 2.75) is 25.8 Å². The van der Waals surface area contributed by atoms with Crippen molar-refractivity contribution >= 4 is 17.3 Å². The molecule has 2 fully saturated rings. The van der Waals surface area contributed by atoms with Gasteiger partial charge in [0.25, 0.3) is 5.91 Å². The molecule has 0 aliphatic carbocycles. The van der Waals surface area contributed by atoms with Crippen LogP contribution in [0.4, 0.5) is 15.8 Å². The molecule has 1 amide bonds. The van der Waals surface area contributed by atoms with E-state index in [0.717, 1.165) is 50.5 Å². The number of benzene rings is 2. The van der Waals surface area contributed by atoms with Crippen LogP contribution in [0.2, 0.25) is 0 Å². The molecule has 33 heavy (non-hydrogen) atoms. The minimum absolute atomic E-state index is 0.0917. The maximum absolute atomic E-state index is 15.2. The molecule has 2 aromatic carbocycles. The van der Waals surface area contributed by atoms with Crippen LogP contribution in [0.3, 0.4) is 0 Å². The summed E-state index contributed by atoms with van der Waals surface area (Å²) in [5.74, 6) is 0.393. The first-order chi connectivity index (χ1) is 15.9. The van der Waals surface area contributed by atoms with Gasteiger partial charge in [-0.15, -0.1) is 0 Å². The number of halogens is 1. The Kier molecular flexibility index (Phi) is 5.79. The molecule has 6 nitrogen and oxygen atoms in total. The lowest BCUT2D eigenvalue weighted by atomic mass is 9.78. The average molecular weight is 454 g/mol. The Hall–Kier alpha value is -2.64. The minimum atomic E-state index is -0.262. The van der Waals surface area contributed by atoms with Crippen LogP contribution in [0, 0.1) is 11.2 Å². The smallest absolute Gasteiger partial charge is 0.258 e. The Morgan fingerprint density at radius 3 is 2.64 bits per heavy atom. The number of likely N-dealkylation sites (tertiary alicyclic amines) is 1. The van der Waals surface area contributed by atoms with E-state index in [0.29, 0.717) is 35.9 Å². The number of rotatable bonds is 6. The summed E-state index contributed by atoms with van der Waals surface area (Å²) in [5.41, 5.74) is 3.13. The average Bonchev–Trinajstić information content (AvgIpc) is 3.24. The molecule has 5 rings (SSSR count). The van der Waals surface area contributed by atoms with Gasteiger partial charge >= 0.3 is 0 Å². The topological polar surface area (TPSA) is 45.2 Å². The summed E-state index contributed by atoms with van der Waals surface area (Å²) >= 11 is 0. The number of methoxy groups -OCH3 is 2. The Labute approximate surface area is 194 Å². The molecule has 3 aliphatic rings. The second-order valence-electron chi connectivity index (χ2n) is 9.75. The Balaban J connectivity index is 1.27. The lowest BCUT2D eigenvalue weighted by Crippen LogP contribution is -2.61. The second-order valence-corrected chi connectivity index (χ2v) is 9.75. The highest BCUT2D eigenvalue weighted by Crippen LogP contribution is 2.43. The number of carbonyl (C=O) groups is 1. The van der Waals surface area contributed by atoms with E-state index in [1.54, 1.807) is 31.3 Å². The fraction of sp³-hybridized carbons (Fsp3) is 0.500. The van der Waals surface area contributed by atoms with E-state index in [1.165, 1.54) is 6.07 Å². The third-order valence-electron chi connectivity index (χ3n) is 7.52. The fourth-order valence-electron chi connectivity index (χ4n) is 5.63. The zero-order valence-corrected chi connectivity index (χ0v) is 19.6. The fourth-order valence-corrected chi connectivity index (χ4v) is 5.63. The Morgan fingerprint density at radius 2 is 1.91 bits per heavy atom. The van der Waals surface area contributed by atoms with Gasteiger partial charge in [-0.2, -0.15) is 0 Å². The van der Waals surface area contributed by atoms with Crippen molar-refractivity contribution in [3.05, 3.63) is 53.3 Å². The summed E-state index contributed by atoms with van der Waals surface area (Å²) in [6.07, 6.45) is 1.80. The lowest BCUT2D eigenvalue weighted by molar-refractivity contribution is -0.0331. The molecule has 1 unspecified atom stereocenters. The summed E-state index contributed by atoms with van der Waals surface area (Å²) in [5, 5.41) is 0. The Bertz CT molecular complexity index is 1050. The molecule has 2 aromatic rings. The standard InChI is InChI=1S/C26H32FN3O3/c1-18(14-32-2)29-16-26(17-29)9-11-28(15-26)24-7-4-20(13-23(24)27)30-10-8-19-12-21(33-3)5-6-22(19)25(30)31/h4-7,12-13,18H,8-11,14-17H2,1-3H3. The van der Waals surface area contributed by atoms with Crippen LogP contribution < -0.4 is 14.5 Å². The predicted molar refractivity (Wildman–Crippen MR) is 127 cm³/mol. The number of nitrogens with zero attached hydrogens (tertiary/aromatic N) is 3. The van der Waals surface area contributed by atoms with Gasteiger partial charge in [-0.3, -0.25) is 9.69 Å². The van der Waals surface area contributed by atoms with Crippen molar-refractivity contribution < 1.29 is 18.7 Å². The molecule has 0 N–H and O–H groups in total. The van der Waals surface area contributed by atoms with Gasteiger partial charge in [-0.25, -0.2) is 4.39 Å². The second kappa shape index (κ2) is 8.61. The molecular formula is C26H32FN3O3. The summed E-state index contributed by atoms with van der Waals surface area (Å²) in [6.45, 7) is 7.28. The molecule has 1 atom stereocenters. The van der Waals surface area contributed by atoms with Crippen LogP contribution in [0.15, 0.2) is 36.4 Å². The largest absolute Gasteiger partial charge is 0.497 e. The van der Waals surface area contributed by atoms with Gasteiger partial charge in [0.05, 0.1) is 19.4 Å². The summed E-state index contributed by atoms with van der Waals surface area (Å²) in [6, 6.07) is 11.2. The number of carbonyl (C=O) groups excluding carboxylic acids is 1. The highest BCUT2D eigenvalue weighted by Gasteiger charge is 2.49. The Morgan fingerprint density at radius 1 is 1.09 bits per heavy atom. The van der Waals surface area contributed by atoms with E-state index >= 15 is 4.39 Å². The van der Waals surface area contributed by atoms with Gasteiger partial charge in [0.2, 0.25) is 0 Å². The molecule has 0 aromatic heterocycles. The number of anilines is 2. The van der Waals surface area contributed by atoms with E-state index in [-0.39, 0.29) is 17.1 Å². The maximum Gasteiger partial charge on any atom is 0.258 e. The molecule has 0 bridgehead atoms. The predicted octanol–water partition coefficient (Wildman–Crippen LogP) is 3.58. The maximum atomic E-state index is 15.2.